The van der Waals surface area contributed by atoms with E-state index in [9.17, 15) is 9.59 Å². The van der Waals surface area contributed by atoms with Crippen LogP contribution >= 0.6 is 0 Å². The number of amides is 1. The Bertz CT molecular complexity index is 486. The number of hydrogen-bond donors (Lipinski definition) is 1. The van der Waals surface area contributed by atoms with Crippen molar-refractivity contribution in [3.05, 3.63) is 17.5 Å². The van der Waals surface area contributed by atoms with E-state index in [4.69, 9.17) is 5.11 Å². The lowest BCUT2D eigenvalue weighted by Crippen LogP contribution is -2.46. The summed E-state index contributed by atoms with van der Waals surface area (Å²) >= 11 is 0. The average molecular weight is 267 g/mol. The summed E-state index contributed by atoms with van der Waals surface area (Å²) in [4.78, 5) is 24.8. The molecule has 0 fully saturated rings. The molecule has 6 nitrogen and oxygen atoms in total. The molecule has 19 heavy (non-hydrogen) atoms. The predicted molar refractivity (Wildman–Crippen MR) is 71.0 cm³/mol. The van der Waals surface area contributed by atoms with Crippen LogP contribution in [-0.2, 0) is 11.8 Å². The largest absolute Gasteiger partial charge is 0.481 e. The first-order chi connectivity index (χ1) is 8.62. The van der Waals surface area contributed by atoms with Gasteiger partial charge in [-0.1, -0.05) is 0 Å². The molecule has 1 rings (SSSR count). The summed E-state index contributed by atoms with van der Waals surface area (Å²) < 4.78 is 1.58. The molecule has 1 aromatic rings. The van der Waals surface area contributed by atoms with E-state index in [-0.39, 0.29) is 18.9 Å². The summed E-state index contributed by atoms with van der Waals surface area (Å²) in [6.07, 6.45) is 1.60. The average Bonchev–Trinajstić information content (AvgIpc) is 2.55. The van der Waals surface area contributed by atoms with Crippen LogP contribution in [0.1, 0.15) is 43.2 Å². The second-order valence-electron chi connectivity index (χ2n) is 5.57. The maximum absolute atomic E-state index is 12.5. The molecule has 0 aromatic carbocycles. The van der Waals surface area contributed by atoms with Gasteiger partial charge in [-0.3, -0.25) is 14.3 Å². The molecule has 0 aliphatic rings. The van der Waals surface area contributed by atoms with E-state index in [2.05, 4.69) is 5.10 Å². The number of rotatable bonds is 4. The highest BCUT2D eigenvalue weighted by Gasteiger charge is 2.29. The van der Waals surface area contributed by atoms with Crippen LogP contribution in [-0.4, -0.2) is 43.7 Å². The van der Waals surface area contributed by atoms with Gasteiger partial charge in [0.1, 0.15) is 0 Å². The van der Waals surface area contributed by atoms with E-state index in [1.165, 1.54) is 0 Å². The first-order valence-electron chi connectivity index (χ1n) is 6.17. The molecule has 0 radical (unpaired) electrons. The van der Waals surface area contributed by atoms with Crippen molar-refractivity contribution in [3.8, 4) is 0 Å². The maximum atomic E-state index is 12.5. The van der Waals surface area contributed by atoms with Gasteiger partial charge in [-0.05, 0) is 27.7 Å². The summed E-state index contributed by atoms with van der Waals surface area (Å²) in [6, 6.07) is 0. The van der Waals surface area contributed by atoms with Crippen molar-refractivity contribution in [1.29, 1.82) is 0 Å². The van der Waals surface area contributed by atoms with Crippen molar-refractivity contribution >= 4 is 11.9 Å². The zero-order valence-corrected chi connectivity index (χ0v) is 12.1. The molecule has 0 unspecified atom stereocenters. The zero-order valence-electron chi connectivity index (χ0n) is 12.1. The first-order valence-corrected chi connectivity index (χ1v) is 6.17. The van der Waals surface area contributed by atoms with Crippen LogP contribution < -0.4 is 0 Å². The molecule has 0 spiro atoms. The van der Waals surface area contributed by atoms with Gasteiger partial charge in [0.2, 0.25) is 0 Å². The molecule has 1 heterocycles. The van der Waals surface area contributed by atoms with Gasteiger partial charge in [0, 0.05) is 25.3 Å². The van der Waals surface area contributed by atoms with Crippen LogP contribution in [0.3, 0.4) is 0 Å². The zero-order chi connectivity index (χ0) is 14.8. The molecule has 0 aliphatic carbocycles. The smallest absolute Gasteiger partial charge is 0.305 e. The first kappa shape index (κ1) is 15.2. The number of aliphatic carboxylic acids is 1. The highest BCUT2D eigenvalue weighted by atomic mass is 16.4. The van der Waals surface area contributed by atoms with Gasteiger partial charge in [-0.2, -0.15) is 5.10 Å². The van der Waals surface area contributed by atoms with Crippen LogP contribution in [0.2, 0.25) is 0 Å². The van der Waals surface area contributed by atoms with Crippen LogP contribution in [0.5, 0.6) is 0 Å². The van der Waals surface area contributed by atoms with Crippen molar-refractivity contribution in [2.75, 3.05) is 6.54 Å². The standard InChI is InChI=1S/C13H21N3O3/c1-9-10(8-15(5)14-9)12(19)16(13(2,3)4)7-6-11(17)18/h8H,6-7H2,1-5H3,(H,17,18). The third-order valence-electron chi connectivity index (χ3n) is 2.85. The lowest BCUT2D eigenvalue weighted by molar-refractivity contribution is -0.137. The number of aryl methyl sites for hydroxylation is 2. The number of carboxylic acid groups (broad SMARTS) is 1. The number of carboxylic acids is 1. The Morgan fingerprint density at radius 2 is 2.00 bits per heavy atom. The summed E-state index contributed by atoms with van der Waals surface area (Å²) in [5, 5.41) is 12.9. The Kier molecular flexibility index (Phi) is 4.34. The predicted octanol–water partition coefficient (Wildman–Crippen LogP) is 1.44. The Hall–Kier alpha value is -1.85. The van der Waals surface area contributed by atoms with Crippen molar-refractivity contribution in [2.45, 2.75) is 39.7 Å². The van der Waals surface area contributed by atoms with Gasteiger partial charge in [0.25, 0.3) is 5.91 Å². The van der Waals surface area contributed by atoms with E-state index in [0.29, 0.717) is 11.3 Å². The van der Waals surface area contributed by atoms with E-state index >= 15 is 0 Å². The van der Waals surface area contributed by atoms with E-state index in [1.54, 1.807) is 29.7 Å². The molecule has 0 atom stereocenters. The fourth-order valence-electron chi connectivity index (χ4n) is 1.90. The van der Waals surface area contributed by atoms with E-state index < -0.39 is 11.5 Å². The van der Waals surface area contributed by atoms with Gasteiger partial charge in [0.15, 0.2) is 0 Å². The van der Waals surface area contributed by atoms with Gasteiger partial charge in [-0.15, -0.1) is 0 Å². The molecule has 1 aromatic heterocycles. The normalized spacial score (nSPS) is 11.4. The fraction of sp³-hybridized carbons (Fsp3) is 0.615. The summed E-state index contributed by atoms with van der Waals surface area (Å²) in [5.74, 6) is -1.09. The van der Waals surface area contributed by atoms with Crippen molar-refractivity contribution in [3.63, 3.8) is 0 Å². The summed E-state index contributed by atoms with van der Waals surface area (Å²) in [5.41, 5.74) is 0.731. The third-order valence-corrected chi connectivity index (χ3v) is 2.85. The third kappa shape index (κ3) is 3.81. The van der Waals surface area contributed by atoms with Gasteiger partial charge in [0.05, 0.1) is 17.7 Å². The minimum Gasteiger partial charge on any atom is -0.481 e. The topological polar surface area (TPSA) is 75.4 Å². The Morgan fingerprint density at radius 1 is 1.42 bits per heavy atom. The number of hydrogen-bond acceptors (Lipinski definition) is 3. The van der Waals surface area contributed by atoms with Crippen molar-refractivity contribution in [2.24, 2.45) is 7.05 Å². The number of nitrogens with zero attached hydrogens (tertiary/aromatic N) is 3. The van der Waals surface area contributed by atoms with Crippen LogP contribution in [0.15, 0.2) is 6.20 Å². The second kappa shape index (κ2) is 5.42. The molecule has 6 heteroatoms. The van der Waals surface area contributed by atoms with Gasteiger partial charge in [-0.25, -0.2) is 0 Å². The molecule has 1 amide bonds. The minimum atomic E-state index is -0.912. The fourth-order valence-corrected chi connectivity index (χ4v) is 1.90. The van der Waals surface area contributed by atoms with Gasteiger partial charge < -0.3 is 10.0 Å². The molecule has 0 aliphatic heterocycles. The number of aromatic nitrogens is 2. The Balaban J connectivity index is 3.01. The van der Waals surface area contributed by atoms with E-state index in [0.717, 1.165) is 0 Å². The Morgan fingerprint density at radius 3 is 2.37 bits per heavy atom. The number of carbonyl (C=O) groups excluding carboxylic acids is 1. The monoisotopic (exact) mass is 267 g/mol. The van der Waals surface area contributed by atoms with Gasteiger partial charge >= 0.3 is 5.97 Å². The van der Waals surface area contributed by atoms with Crippen LogP contribution in [0.25, 0.3) is 0 Å². The van der Waals surface area contributed by atoms with Crippen molar-refractivity contribution in [1.82, 2.24) is 14.7 Å². The molecule has 0 saturated carbocycles. The lowest BCUT2D eigenvalue weighted by Gasteiger charge is -2.35. The molecular formula is C13H21N3O3. The molecule has 106 valence electrons. The SMILES string of the molecule is Cc1nn(C)cc1C(=O)N(CCC(=O)O)C(C)(C)C. The second-order valence-corrected chi connectivity index (χ2v) is 5.57. The molecule has 0 saturated heterocycles. The number of carbonyl (C=O) groups is 2. The molecule has 0 bridgehead atoms. The highest BCUT2D eigenvalue weighted by Crippen LogP contribution is 2.19. The Labute approximate surface area is 113 Å². The molecular weight excluding hydrogens is 246 g/mol. The lowest BCUT2D eigenvalue weighted by atomic mass is 10.0. The maximum Gasteiger partial charge on any atom is 0.305 e. The van der Waals surface area contributed by atoms with Crippen molar-refractivity contribution < 1.29 is 14.7 Å². The minimum absolute atomic E-state index is 0.0671. The summed E-state index contributed by atoms with van der Waals surface area (Å²) in [6.45, 7) is 7.62. The summed E-state index contributed by atoms with van der Waals surface area (Å²) in [7, 11) is 1.75. The highest BCUT2D eigenvalue weighted by molar-refractivity contribution is 5.95. The molecule has 1 N–H and O–H groups in total. The van der Waals surface area contributed by atoms with E-state index in [1.807, 2.05) is 20.8 Å². The van der Waals surface area contributed by atoms with Crippen LogP contribution in [0, 0.1) is 6.92 Å². The quantitative estimate of drug-likeness (QED) is 0.895. The van der Waals surface area contributed by atoms with Crippen LogP contribution in [0.4, 0.5) is 0 Å².